The molecule has 2 aliphatic rings. The quantitative estimate of drug-likeness (QED) is 0.762. The number of carbonyl (C=O) groups is 1. The zero-order valence-electron chi connectivity index (χ0n) is 15.0. The molecule has 0 unspecified atom stereocenters. The molecule has 1 saturated carbocycles. The summed E-state index contributed by atoms with van der Waals surface area (Å²) in [6, 6.07) is 5.94. The van der Waals surface area contributed by atoms with Gasteiger partial charge in [0, 0.05) is 36.7 Å². The van der Waals surface area contributed by atoms with Crippen LogP contribution in [0.5, 0.6) is 0 Å². The Balaban J connectivity index is 1.32. The first-order valence-corrected chi connectivity index (χ1v) is 9.47. The van der Waals surface area contributed by atoms with Crippen molar-refractivity contribution in [3.05, 3.63) is 41.5 Å². The monoisotopic (exact) mass is 349 g/mol. The van der Waals surface area contributed by atoms with Gasteiger partial charge in [-0.15, -0.1) is 0 Å². The van der Waals surface area contributed by atoms with Gasteiger partial charge in [0.1, 0.15) is 5.82 Å². The lowest BCUT2D eigenvalue weighted by Crippen LogP contribution is -2.28. The predicted molar refractivity (Wildman–Crippen MR) is 100 cm³/mol. The number of anilines is 1. The van der Waals surface area contributed by atoms with Gasteiger partial charge in [-0.05, 0) is 49.4 Å². The van der Waals surface area contributed by atoms with Gasteiger partial charge < -0.3 is 10.3 Å². The summed E-state index contributed by atoms with van der Waals surface area (Å²) in [5.74, 6) is 1.76. The summed E-state index contributed by atoms with van der Waals surface area (Å²) in [7, 11) is 1.95. The summed E-state index contributed by atoms with van der Waals surface area (Å²) in [5.41, 5.74) is 5.27. The number of hydrogen-bond donors (Lipinski definition) is 2. The largest absolute Gasteiger partial charge is 0.342 e. The molecule has 2 heterocycles. The van der Waals surface area contributed by atoms with Crippen molar-refractivity contribution >= 4 is 22.6 Å². The topological polar surface area (TPSA) is 75.6 Å². The molecule has 2 N–H and O–H groups in total. The molecule has 0 saturated heterocycles. The Labute approximate surface area is 152 Å². The Morgan fingerprint density at radius 2 is 2.19 bits per heavy atom. The van der Waals surface area contributed by atoms with Gasteiger partial charge in [-0.3, -0.25) is 9.48 Å². The molecule has 5 rings (SSSR count). The minimum absolute atomic E-state index is 0.000834. The number of nitrogens with one attached hydrogen (secondary N) is 2. The number of rotatable bonds is 3. The molecule has 0 aliphatic heterocycles. The number of aromatic nitrogens is 4. The average molecular weight is 349 g/mol. The van der Waals surface area contributed by atoms with E-state index >= 15 is 0 Å². The van der Waals surface area contributed by atoms with Crippen LogP contribution in [0.3, 0.4) is 0 Å². The van der Waals surface area contributed by atoms with Crippen molar-refractivity contribution in [1.29, 1.82) is 0 Å². The zero-order chi connectivity index (χ0) is 17.7. The van der Waals surface area contributed by atoms with Gasteiger partial charge in [0.2, 0.25) is 5.91 Å². The van der Waals surface area contributed by atoms with E-state index < -0.39 is 0 Å². The van der Waals surface area contributed by atoms with Crippen LogP contribution in [0.1, 0.15) is 48.7 Å². The molecule has 6 nitrogen and oxygen atoms in total. The van der Waals surface area contributed by atoms with Crippen molar-refractivity contribution in [1.82, 2.24) is 19.7 Å². The summed E-state index contributed by atoms with van der Waals surface area (Å²) in [6.07, 6.45) is 8.23. The molecular weight excluding hydrogens is 326 g/mol. The van der Waals surface area contributed by atoms with E-state index in [9.17, 15) is 4.79 Å². The SMILES string of the molecule is Cn1ncc2c1C[C@H](C(=O)Nc1ccc3nc(C4CCC4)[nH]c3c1)CC2. The molecule has 2 aromatic heterocycles. The van der Waals surface area contributed by atoms with Crippen molar-refractivity contribution in [3.8, 4) is 0 Å². The fourth-order valence-electron chi connectivity index (χ4n) is 4.10. The van der Waals surface area contributed by atoms with Gasteiger partial charge in [0.15, 0.2) is 0 Å². The molecule has 2 aliphatic carbocycles. The third kappa shape index (κ3) is 2.60. The minimum Gasteiger partial charge on any atom is -0.342 e. The second-order valence-corrected chi connectivity index (χ2v) is 7.65. The van der Waals surface area contributed by atoms with Crippen LogP contribution in [0.15, 0.2) is 24.4 Å². The second-order valence-electron chi connectivity index (χ2n) is 7.65. The van der Waals surface area contributed by atoms with E-state index in [1.165, 1.54) is 30.5 Å². The van der Waals surface area contributed by atoms with Crippen LogP contribution < -0.4 is 5.32 Å². The van der Waals surface area contributed by atoms with Gasteiger partial charge in [-0.1, -0.05) is 6.42 Å². The number of benzene rings is 1. The number of carbonyl (C=O) groups excluding carboxylic acids is 1. The summed E-state index contributed by atoms with van der Waals surface area (Å²) in [5, 5.41) is 7.41. The molecule has 1 amide bonds. The second kappa shape index (κ2) is 5.97. The number of amides is 1. The highest BCUT2D eigenvalue weighted by Gasteiger charge is 2.27. The van der Waals surface area contributed by atoms with E-state index in [2.05, 4.69) is 15.4 Å². The van der Waals surface area contributed by atoms with Crippen molar-refractivity contribution in [2.24, 2.45) is 13.0 Å². The number of imidazole rings is 1. The number of H-pyrrole nitrogens is 1. The van der Waals surface area contributed by atoms with Crippen LogP contribution in [0.4, 0.5) is 5.69 Å². The van der Waals surface area contributed by atoms with Gasteiger partial charge >= 0.3 is 0 Å². The van der Waals surface area contributed by atoms with Crippen LogP contribution in [0.2, 0.25) is 0 Å². The van der Waals surface area contributed by atoms with Gasteiger partial charge in [0.25, 0.3) is 0 Å². The molecule has 6 heteroatoms. The van der Waals surface area contributed by atoms with Gasteiger partial charge in [-0.2, -0.15) is 5.10 Å². The first kappa shape index (κ1) is 15.6. The summed E-state index contributed by atoms with van der Waals surface area (Å²) >= 11 is 0. The average Bonchev–Trinajstić information content (AvgIpc) is 3.16. The molecule has 134 valence electrons. The van der Waals surface area contributed by atoms with Crippen LogP contribution >= 0.6 is 0 Å². The Bertz CT molecular complexity index is 981. The van der Waals surface area contributed by atoms with Crippen LogP contribution in [-0.2, 0) is 24.7 Å². The van der Waals surface area contributed by atoms with E-state index in [4.69, 9.17) is 4.98 Å². The molecule has 26 heavy (non-hydrogen) atoms. The lowest BCUT2D eigenvalue weighted by Gasteiger charge is -2.22. The summed E-state index contributed by atoms with van der Waals surface area (Å²) in [6.45, 7) is 0. The van der Waals surface area contributed by atoms with Crippen molar-refractivity contribution < 1.29 is 4.79 Å². The summed E-state index contributed by atoms with van der Waals surface area (Å²) < 4.78 is 1.90. The zero-order valence-corrected chi connectivity index (χ0v) is 15.0. The standard InChI is InChI=1S/C20H23N5O/c1-25-18-9-13(5-6-14(18)11-21-25)20(26)22-15-7-8-16-17(10-15)24-19(23-16)12-3-2-4-12/h7-8,10-13H,2-6,9H2,1H3,(H,22,26)(H,23,24)/t13-/m1/s1. The maximum Gasteiger partial charge on any atom is 0.227 e. The maximum absolute atomic E-state index is 12.7. The summed E-state index contributed by atoms with van der Waals surface area (Å²) in [4.78, 5) is 20.9. The highest BCUT2D eigenvalue weighted by atomic mass is 16.1. The number of aromatic amines is 1. The fraction of sp³-hybridized carbons (Fsp3) is 0.450. The highest BCUT2D eigenvalue weighted by molar-refractivity contribution is 5.94. The first-order chi connectivity index (χ1) is 12.7. The Kier molecular flexibility index (Phi) is 3.58. The number of fused-ring (bicyclic) bond motifs is 2. The van der Waals surface area contributed by atoms with Crippen molar-refractivity contribution in [3.63, 3.8) is 0 Å². The molecule has 0 radical (unpaired) electrons. The van der Waals surface area contributed by atoms with E-state index in [0.29, 0.717) is 5.92 Å². The molecule has 0 spiro atoms. The third-order valence-corrected chi connectivity index (χ3v) is 5.98. The molecule has 3 aromatic rings. The maximum atomic E-state index is 12.7. The highest BCUT2D eigenvalue weighted by Crippen LogP contribution is 2.35. The van der Waals surface area contributed by atoms with Crippen LogP contribution in [0.25, 0.3) is 11.0 Å². The molecule has 1 atom stereocenters. The normalized spacial score (nSPS) is 20.0. The van der Waals surface area contributed by atoms with E-state index in [1.54, 1.807) is 0 Å². The molecule has 0 bridgehead atoms. The van der Waals surface area contributed by atoms with E-state index in [0.717, 1.165) is 41.8 Å². The van der Waals surface area contributed by atoms with E-state index in [-0.39, 0.29) is 11.8 Å². The Morgan fingerprint density at radius 3 is 3.00 bits per heavy atom. The van der Waals surface area contributed by atoms with Crippen molar-refractivity contribution in [2.45, 2.75) is 44.4 Å². The molecule has 1 aromatic carbocycles. The molecular formula is C20H23N5O. The minimum atomic E-state index is 0.000834. The number of nitrogens with zero attached hydrogens (tertiary/aromatic N) is 3. The van der Waals surface area contributed by atoms with E-state index in [1.807, 2.05) is 36.1 Å². The number of hydrogen-bond acceptors (Lipinski definition) is 3. The smallest absolute Gasteiger partial charge is 0.227 e. The third-order valence-electron chi connectivity index (χ3n) is 5.98. The lowest BCUT2D eigenvalue weighted by atomic mass is 9.85. The van der Waals surface area contributed by atoms with Gasteiger partial charge in [0.05, 0.1) is 17.2 Å². The lowest BCUT2D eigenvalue weighted by molar-refractivity contribution is -0.120. The Hall–Kier alpha value is -2.63. The first-order valence-electron chi connectivity index (χ1n) is 9.47. The van der Waals surface area contributed by atoms with Crippen molar-refractivity contribution in [2.75, 3.05) is 5.32 Å². The Morgan fingerprint density at radius 1 is 1.31 bits per heavy atom. The number of aryl methyl sites for hydroxylation is 2. The fourth-order valence-corrected chi connectivity index (χ4v) is 4.10. The van der Waals surface area contributed by atoms with Crippen LogP contribution in [0, 0.1) is 5.92 Å². The predicted octanol–water partition coefficient (Wildman–Crippen LogP) is 3.31. The molecule has 1 fully saturated rings. The van der Waals surface area contributed by atoms with Gasteiger partial charge in [-0.25, -0.2) is 4.98 Å². The van der Waals surface area contributed by atoms with Crippen LogP contribution in [-0.4, -0.2) is 25.7 Å².